The Morgan fingerprint density at radius 2 is 2.00 bits per heavy atom. The molecule has 3 nitrogen and oxygen atoms in total. The van der Waals surface area contributed by atoms with Gasteiger partial charge in [-0.15, -0.1) is 0 Å². The molecule has 17 heavy (non-hydrogen) atoms. The highest BCUT2D eigenvalue weighted by molar-refractivity contribution is 5.14. The second-order valence-electron chi connectivity index (χ2n) is 5.21. The molecule has 1 unspecified atom stereocenters. The molecule has 0 saturated carbocycles. The highest BCUT2D eigenvalue weighted by Crippen LogP contribution is 2.23. The molecule has 0 aliphatic carbocycles. The Morgan fingerprint density at radius 1 is 1.35 bits per heavy atom. The summed E-state index contributed by atoms with van der Waals surface area (Å²) in [6.45, 7) is 11.8. The Hall–Kier alpha value is -0.830. The zero-order chi connectivity index (χ0) is 13.1. The number of aromatic nitrogens is 2. The molecule has 1 rings (SSSR count). The molecule has 3 heteroatoms. The van der Waals surface area contributed by atoms with E-state index < -0.39 is 0 Å². The first kappa shape index (κ1) is 14.2. The van der Waals surface area contributed by atoms with Crippen LogP contribution in [-0.4, -0.2) is 15.3 Å². The maximum absolute atomic E-state index is 6.51. The van der Waals surface area contributed by atoms with Crippen molar-refractivity contribution in [2.24, 2.45) is 11.7 Å². The van der Waals surface area contributed by atoms with Crippen LogP contribution < -0.4 is 5.73 Å². The van der Waals surface area contributed by atoms with Crippen molar-refractivity contribution in [3.63, 3.8) is 0 Å². The number of hydrogen-bond donors (Lipinski definition) is 1. The van der Waals surface area contributed by atoms with Crippen molar-refractivity contribution in [1.82, 2.24) is 9.78 Å². The molecule has 0 spiro atoms. The normalized spacial score (nSPS) is 15.2. The second kappa shape index (κ2) is 5.67. The zero-order valence-corrected chi connectivity index (χ0v) is 12.0. The van der Waals surface area contributed by atoms with Gasteiger partial charge in [-0.05, 0) is 31.7 Å². The summed E-state index contributed by atoms with van der Waals surface area (Å²) in [4.78, 5) is 0. The van der Waals surface area contributed by atoms with Crippen LogP contribution in [-0.2, 0) is 19.4 Å². The van der Waals surface area contributed by atoms with Crippen molar-refractivity contribution < 1.29 is 0 Å². The van der Waals surface area contributed by atoms with Crippen molar-refractivity contribution in [3.8, 4) is 0 Å². The fraction of sp³-hybridized carbons (Fsp3) is 0.786. The first-order valence-electron chi connectivity index (χ1n) is 6.81. The lowest BCUT2D eigenvalue weighted by Gasteiger charge is -2.32. The molecule has 0 aromatic carbocycles. The summed E-state index contributed by atoms with van der Waals surface area (Å²) in [5, 5.41) is 4.59. The van der Waals surface area contributed by atoms with Crippen LogP contribution in [0.1, 0.15) is 52.4 Å². The lowest BCUT2D eigenvalue weighted by molar-refractivity contribution is 0.289. The third-order valence-electron chi connectivity index (χ3n) is 3.89. The van der Waals surface area contributed by atoms with E-state index in [0.29, 0.717) is 5.92 Å². The van der Waals surface area contributed by atoms with Gasteiger partial charge in [-0.2, -0.15) is 5.10 Å². The van der Waals surface area contributed by atoms with Crippen molar-refractivity contribution in [3.05, 3.63) is 17.5 Å². The molecule has 98 valence electrons. The van der Waals surface area contributed by atoms with E-state index >= 15 is 0 Å². The van der Waals surface area contributed by atoms with Gasteiger partial charge in [0.05, 0.1) is 5.69 Å². The zero-order valence-electron chi connectivity index (χ0n) is 12.0. The minimum absolute atomic E-state index is 0.113. The van der Waals surface area contributed by atoms with Crippen LogP contribution in [0, 0.1) is 5.92 Å². The first-order chi connectivity index (χ1) is 7.96. The maximum Gasteiger partial charge on any atom is 0.0624 e. The predicted octanol–water partition coefficient (Wildman–Crippen LogP) is 2.77. The molecule has 0 saturated heterocycles. The van der Waals surface area contributed by atoms with Crippen LogP contribution >= 0.6 is 0 Å². The van der Waals surface area contributed by atoms with Crippen molar-refractivity contribution in [2.45, 2.75) is 66.0 Å². The van der Waals surface area contributed by atoms with Gasteiger partial charge < -0.3 is 5.73 Å². The van der Waals surface area contributed by atoms with Gasteiger partial charge in [0, 0.05) is 24.2 Å². The van der Waals surface area contributed by atoms with Crippen LogP contribution in [0.3, 0.4) is 0 Å². The fourth-order valence-corrected chi connectivity index (χ4v) is 2.18. The molecular weight excluding hydrogens is 210 g/mol. The van der Waals surface area contributed by atoms with Gasteiger partial charge in [-0.25, -0.2) is 0 Å². The van der Waals surface area contributed by atoms with Crippen LogP contribution in [0.15, 0.2) is 6.07 Å². The van der Waals surface area contributed by atoms with E-state index in [0.717, 1.165) is 25.8 Å². The average molecular weight is 237 g/mol. The van der Waals surface area contributed by atoms with E-state index in [9.17, 15) is 0 Å². The van der Waals surface area contributed by atoms with E-state index in [4.69, 9.17) is 5.73 Å². The Labute approximate surface area is 105 Å². The third kappa shape index (κ3) is 3.09. The molecule has 0 aliphatic heterocycles. The standard InChI is InChI=1S/C14H27N3/c1-6-12-9-13(17(8-3)16-12)10-14(15,7-2)11(4)5/h9,11H,6-8,10,15H2,1-5H3. The molecule has 1 heterocycles. The van der Waals surface area contributed by atoms with E-state index in [1.165, 1.54) is 11.4 Å². The van der Waals surface area contributed by atoms with Gasteiger partial charge in [-0.1, -0.05) is 27.7 Å². The average Bonchev–Trinajstić information content (AvgIpc) is 2.70. The van der Waals surface area contributed by atoms with Crippen molar-refractivity contribution in [2.75, 3.05) is 0 Å². The molecule has 2 N–H and O–H groups in total. The number of rotatable bonds is 6. The van der Waals surface area contributed by atoms with Gasteiger partial charge in [0.1, 0.15) is 0 Å². The Kier molecular flexibility index (Phi) is 4.75. The molecule has 1 atom stereocenters. The lowest BCUT2D eigenvalue weighted by Crippen LogP contribution is -2.47. The van der Waals surface area contributed by atoms with E-state index in [2.05, 4.69) is 50.5 Å². The molecule has 0 aliphatic rings. The maximum atomic E-state index is 6.51. The molecule has 1 aromatic rings. The van der Waals surface area contributed by atoms with Crippen LogP contribution in [0.5, 0.6) is 0 Å². The minimum Gasteiger partial charge on any atom is -0.325 e. The SMILES string of the molecule is CCc1cc(CC(N)(CC)C(C)C)n(CC)n1. The molecule has 0 fully saturated rings. The molecule has 0 radical (unpaired) electrons. The summed E-state index contributed by atoms with van der Waals surface area (Å²) in [7, 11) is 0. The fourth-order valence-electron chi connectivity index (χ4n) is 2.18. The third-order valence-corrected chi connectivity index (χ3v) is 3.89. The summed E-state index contributed by atoms with van der Waals surface area (Å²) in [5.41, 5.74) is 8.84. The number of hydrogen-bond acceptors (Lipinski definition) is 2. The molecule has 0 amide bonds. The monoisotopic (exact) mass is 237 g/mol. The number of nitrogens with two attached hydrogens (primary N) is 1. The Balaban J connectivity index is 2.96. The summed E-state index contributed by atoms with van der Waals surface area (Å²) >= 11 is 0. The smallest absolute Gasteiger partial charge is 0.0624 e. The topological polar surface area (TPSA) is 43.8 Å². The molecule has 0 bridgehead atoms. The first-order valence-corrected chi connectivity index (χ1v) is 6.81. The van der Waals surface area contributed by atoms with Crippen LogP contribution in [0.4, 0.5) is 0 Å². The van der Waals surface area contributed by atoms with E-state index in [1.54, 1.807) is 0 Å². The predicted molar refractivity (Wildman–Crippen MR) is 73.0 cm³/mol. The van der Waals surface area contributed by atoms with Gasteiger partial charge in [0.2, 0.25) is 0 Å². The van der Waals surface area contributed by atoms with Gasteiger partial charge in [0.25, 0.3) is 0 Å². The van der Waals surface area contributed by atoms with E-state index in [1.807, 2.05) is 0 Å². The van der Waals surface area contributed by atoms with Crippen LogP contribution in [0.2, 0.25) is 0 Å². The summed E-state index contributed by atoms with van der Waals surface area (Å²) in [6.07, 6.45) is 2.91. The highest BCUT2D eigenvalue weighted by Gasteiger charge is 2.28. The highest BCUT2D eigenvalue weighted by atomic mass is 15.3. The number of nitrogens with zero attached hydrogens (tertiary/aromatic N) is 2. The summed E-state index contributed by atoms with van der Waals surface area (Å²) in [5.74, 6) is 0.484. The van der Waals surface area contributed by atoms with E-state index in [-0.39, 0.29) is 5.54 Å². The van der Waals surface area contributed by atoms with Crippen molar-refractivity contribution >= 4 is 0 Å². The van der Waals surface area contributed by atoms with Crippen LogP contribution in [0.25, 0.3) is 0 Å². The Bertz CT molecular complexity index is 354. The number of aryl methyl sites for hydroxylation is 2. The summed E-state index contributed by atoms with van der Waals surface area (Å²) in [6, 6.07) is 2.21. The molecule has 1 aromatic heterocycles. The van der Waals surface area contributed by atoms with Gasteiger partial charge in [-0.3, -0.25) is 4.68 Å². The van der Waals surface area contributed by atoms with Crippen molar-refractivity contribution in [1.29, 1.82) is 0 Å². The summed E-state index contributed by atoms with van der Waals surface area (Å²) < 4.78 is 2.10. The largest absolute Gasteiger partial charge is 0.325 e. The lowest BCUT2D eigenvalue weighted by atomic mass is 9.81. The quantitative estimate of drug-likeness (QED) is 0.827. The second-order valence-corrected chi connectivity index (χ2v) is 5.21. The minimum atomic E-state index is -0.113. The van der Waals surface area contributed by atoms with Gasteiger partial charge >= 0.3 is 0 Å². The Morgan fingerprint density at radius 3 is 2.41 bits per heavy atom. The van der Waals surface area contributed by atoms with Gasteiger partial charge in [0.15, 0.2) is 0 Å². The molecular formula is C14H27N3.